The van der Waals surface area contributed by atoms with Crippen LogP contribution in [0.3, 0.4) is 0 Å². The minimum atomic E-state index is -0.0296. The summed E-state index contributed by atoms with van der Waals surface area (Å²) < 4.78 is 7.70. The molecule has 1 aromatic heterocycles. The molecule has 0 unspecified atom stereocenters. The fraction of sp³-hybridized carbons (Fsp3) is 0.273. The monoisotopic (exact) mass is 397 g/mol. The van der Waals surface area contributed by atoms with Gasteiger partial charge in [0.2, 0.25) is 0 Å². The molecule has 0 atom stereocenters. The van der Waals surface area contributed by atoms with Gasteiger partial charge >= 0.3 is 0 Å². The van der Waals surface area contributed by atoms with Crippen LogP contribution in [0.25, 0.3) is 0 Å². The Hall–Kier alpha value is -2.79. The minimum Gasteiger partial charge on any atom is -0.487 e. The number of halogens is 1. The van der Waals surface area contributed by atoms with E-state index in [1.54, 1.807) is 18.1 Å². The Morgan fingerprint density at radius 2 is 1.93 bits per heavy atom. The van der Waals surface area contributed by atoms with Gasteiger partial charge in [-0.2, -0.15) is 5.10 Å². The van der Waals surface area contributed by atoms with Gasteiger partial charge in [0.25, 0.3) is 5.91 Å². The average molecular weight is 398 g/mol. The van der Waals surface area contributed by atoms with Crippen molar-refractivity contribution in [2.24, 2.45) is 0 Å². The Balaban J connectivity index is 1.61. The predicted octanol–water partition coefficient (Wildman–Crippen LogP) is 4.72. The molecule has 0 N–H and O–H groups in total. The molecule has 6 heteroatoms. The van der Waals surface area contributed by atoms with E-state index < -0.39 is 0 Å². The first-order valence-electron chi connectivity index (χ1n) is 9.22. The molecular weight excluding hydrogens is 374 g/mol. The number of aryl methyl sites for hydroxylation is 2. The summed E-state index contributed by atoms with van der Waals surface area (Å²) in [6.07, 6.45) is 1.76. The molecule has 3 rings (SSSR count). The summed E-state index contributed by atoms with van der Waals surface area (Å²) in [5.74, 6) is 0.632. The van der Waals surface area contributed by atoms with Gasteiger partial charge in [0.05, 0.1) is 17.3 Å². The lowest BCUT2D eigenvalue weighted by Gasteiger charge is -2.18. The number of amides is 1. The van der Waals surface area contributed by atoms with Gasteiger partial charge in [0.1, 0.15) is 12.4 Å². The second kappa shape index (κ2) is 8.93. The first kappa shape index (κ1) is 20.0. The second-order valence-corrected chi connectivity index (χ2v) is 7.13. The normalized spacial score (nSPS) is 10.7. The van der Waals surface area contributed by atoms with Crippen LogP contribution in [0.15, 0.2) is 54.7 Å². The van der Waals surface area contributed by atoms with E-state index in [4.69, 9.17) is 16.3 Å². The highest BCUT2D eigenvalue weighted by Crippen LogP contribution is 2.26. The molecule has 2 aromatic carbocycles. The SMILES string of the molecule is CCn1nccc1CN(C)C(=O)c1ccc(COc2cc(C)ccc2Cl)cc1. The number of benzene rings is 2. The Kier molecular flexibility index (Phi) is 6.37. The maximum atomic E-state index is 12.7. The summed E-state index contributed by atoms with van der Waals surface area (Å²) in [5.41, 5.74) is 3.72. The van der Waals surface area contributed by atoms with Crippen LogP contribution < -0.4 is 4.74 Å². The zero-order chi connectivity index (χ0) is 20.1. The van der Waals surface area contributed by atoms with Crippen molar-refractivity contribution in [1.82, 2.24) is 14.7 Å². The molecule has 0 saturated carbocycles. The van der Waals surface area contributed by atoms with Gasteiger partial charge in [-0.05, 0) is 55.3 Å². The highest BCUT2D eigenvalue weighted by Gasteiger charge is 2.14. The molecule has 0 aliphatic heterocycles. The minimum absolute atomic E-state index is 0.0296. The van der Waals surface area contributed by atoms with E-state index in [-0.39, 0.29) is 5.91 Å². The van der Waals surface area contributed by atoms with Gasteiger partial charge in [-0.25, -0.2) is 0 Å². The summed E-state index contributed by atoms with van der Waals surface area (Å²) >= 11 is 6.16. The maximum Gasteiger partial charge on any atom is 0.253 e. The lowest BCUT2D eigenvalue weighted by molar-refractivity contribution is 0.0781. The van der Waals surface area contributed by atoms with Crippen molar-refractivity contribution >= 4 is 17.5 Å². The molecule has 0 spiro atoms. The van der Waals surface area contributed by atoms with Crippen LogP contribution in [0, 0.1) is 6.92 Å². The van der Waals surface area contributed by atoms with E-state index in [0.29, 0.717) is 29.5 Å². The fourth-order valence-corrected chi connectivity index (χ4v) is 3.11. The Bertz CT molecular complexity index is 951. The van der Waals surface area contributed by atoms with Gasteiger partial charge in [-0.3, -0.25) is 9.48 Å². The lowest BCUT2D eigenvalue weighted by atomic mass is 10.1. The number of nitrogens with zero attached hydrogens (tertiary/aromatic N) is 3. The number of hydrogen-bond acceptors (Lipinski definition) is 3. The molecule has 0 bridgehead atoms. The maximum absolute atomic E-state index is 12.7. The molecule has 0 saturated heterocycles. The standard InChI is InChI=1S/C22H24ClN3O2/c1-4-26-19(11-12-24-26)14-25(3)22(27)18-8-6-17(7-9-18)15-28-21-13-16(2)5-10-20(21)23/h5-13H,4,14-15H2,1-3H3. The summed E-state index contributed by atoms with van der Waals surface area (Å²) in [5, 5.41) is 4.83. The second-order valence-electron chi connectivity index (χ2n) is 6.72. The van der Waals surface area contributed by atoms with E-state index >= 15 is 0 Å². The number of rotatable bonds is 7. The van der Waals surface area contributed by atoms with E-state index in [1.807, 2.05) is 67.1 Å². The van der Waals surface area contributed by atoms with E-state index in [0.717, 1.165) is 23.4 Å². The molecular formula is C22H24ClN3O2. The zero-order valence-electron chi connectivity index (χ0n) is 16.4. The first-order chi connectivity index (χ1) is 13.5. The number of carbonyl (C=O) groups is 1. The summed E-state index contributed by atoms with van der Waals surface area (Å²) in [6, 6.07) is 15.1. The van der Waals surface area contributed by atoms with Crippen LogP contribution in [0.5, 0.6) is 5.75 Å². The van der Waals surface area contributed by atoms with Crippen molar-refractivity contribution in [2.45, 2.75) is 33.5 Å². The first-order valence-corrected chi connectivity index (χ1v) is 9.59. The highest BCUT2D eigenvalue weighted by molar-refractivity contribution is 6.32. The smallest absolute Gasteiger partial charge is 0.253 e. The fourth-order valence-electron chi connectivity index (χ4n) is 2.94. The van der Waals surface area contributed by atoms with Crippen molar-refractivity contribution < 1.29 is 9.53 Å². The van der Waals surface area contributed by atoms with Crippen molar-refractivity contribution in [3.8, 4) is 5.75 Å². The molecule has 1 amide bonds. The average Bonchev–Trinajstić information content (AvgIpc) is 3.15. The van der Waals surface area contributed by atoms with Gasteiger partial charge in [0.15, 0.2) is 0 Å². The summed E-state index contributed by atoms with van der Waals surface area (Å²) in [6.45, 7) is 5.72. The Labute approximate surface area is 170 Å². The largest absolute Gasteiger partial charge is 0.487 e. The van der Waals surface area contributed by atoms with Crippen LogP contribution in [0.1, 0.15) is 34.1 Å². The van der Waals surface area contributed by atoms with E-state index in [9.17, 15) is 4.79 Å². The number of hydrogen-bond donors (Lipinski definition) is 0. The van der Waals surface area contributed by atoms with Gasteiger partial charge in [-0.15, -0.1) is 0 Å². The van der Waals surface area contributed by atoms with Gasteiger partial charge in [0, 0.05) is 25.4 Å². The predicted molar refractivity (Wildman–Crippen MR) is 111 cm³/mol. The number of ether oxygens (including phenoxy) is 1. The molecule has 0 fully saturated rings. The Morgan fingerprint density at radius 1 is 1.18 bits per heavy atom. The topological polar surface area (TPSA) is 47.4 Å². The van der Waals surface area contributed by atoms with E-state index in [1.165, 1.54) is 0 Å². The summed E-state index contributed by atoms with van der Waals surface area (Å²) in [4.78, 5) is 14.4. The molecule has 0 aliphatic carbocycles. The third-order valence-electron chi connectivity index (χ3n) is 4.53. The number of aromatic nitrogens is 2. The third kappa shape index (κ3) is 4.73. The van der Waals surface area contributed by atoms with Gasteiger partial charge in [-0.1, -0.05) is 29.8 Å². The molecule has 28 heavy (non-hydrogen) atoms. The number of carbonyl (C=O) groups excluding carboxylic acids is 1. The van der Waals surface area contributed by atoms with Gasteiger partial charge < -0.3 is 9.64 Å². The molecule has 3 aromatic rings. The van der Waals surface area contributed by atoms with Crippen molar-refractivity contribution in [3.05, 3.63) is 82.1 Å². The van der Waals surface area contributed by atoms with Crippen LogP contribution >= 0.6 is 11.6 Å². The highest BCUT2D eigenvalue weighted by atomic mass is 35.5. The molecule has 0 radical (unpaired) electrons. The van der Waals surface area contributed by atoms with Crippen molar-refractivity contribution in [2.75, 3.05) is 7.05 Å². The quantitative estimate of drug-likeness (QED) is 0.579. The van der Waals surface area contributed by atoms with Crippen LogP contribution in [-0.2, 0) is 19.7 Å². The van der Waals surface area contributed by atoms with Crippen LogP contribution in [0.2, 0.25) is 5.02 Å². The van der Waals surface area contributed by atoms with Crippen LogP contribution in [0.4, 0.5) is 0 Å². The lowest BCUT2D eigenvalue weighted by Crippen LogP contribution is -2.27. The third-order valence-corrected chi connectivity index (χ3v) is 4.84. The molecule has 0 aliphatic rings. The van der Waals surface area contributed by atoms with Crippen LogP contribution in [-0.4, -0.2) is 27.6 Å². The van der Waals surface area contributed by atoms with Crippen molar-refractivity contribution in [3.63, 3.8) is 0 Å². The Morgan fingerprint density at radius 3 is 2.64 bits per heavy atom. The van der Waals surface area contributed by atoms with Crippen molar-refractivity contribution in [1.29, 1.82) is 0 Å². The van der Waals surface area contributed by atoms with E-state index in [2.05, 4.69) is 5.10 Å². The molecule has 5 nitrogen and oxygen atoms in total. The molecule has 146 valence electrons. The molecule has 1 heterocycles. The summed E-state index contributed by atoms with van der Waals surface area (Å²) in [7, 11) is 1.80. The zero-order valence-corrected chi connectivity index (χ0v) is 17.1.